The van der Waals surface area contributed by atoms with Gasteiger partial charge in [-0.2, -0.15) is 5.26 Å². The number of nitriles is 1. The molecule has 0 amide bonds. The Bertz CT molecular complexity index is 437. The summed E-state index contributed by atoms with van der Waals surface area (Å²) in [5, 5.41) is 8.97. The van der Waals surface area contributed by atoms with Gasteiger partial charge in [0.15, 0.2) is 0 Å². The molecule has 2 N–H and O–H groups in total. The molecule has 1 aromatic carbocycles. The first-order chi connectivity index (χ1) is 8.47. The van der Waals surface area contributed by atoms with Crippen molar-refractivity contribution in [2.24, 2.45) is 11.7 Å². The summed E-state index contributed by atoms with van der Waals surface area (Å²) in [7, 11) is 1.85. The zero-order valence-electron chi connectivity index (χ0n) is 11.2. The molecule has 0 aliphatic carbocycles. The fourth-order valence-electron chi connectivity index (χ4n) is 1.74. The summed E-state index contributed by atoms with van der Waals surface area (Å²) < 4.78 is 13.5. The van der Waals surface area contributed by atoms with E-state index in [4.69, 9.17) is 11.0 Å². The van der Waals surface area contributed by atoms with Crippen molar-refractivity contribution in [1.82, 2.24) is 0 Å². The third-order valence-electron chi connectivity index (χ3n) is 3.17. The summed E-state index contributed by atoms with van der Waals surface area (Å²) in [4.78, 5) is 1.88. The lowest BCUT2D eigenvalue weighted by Crippen LogP contribution is -2.32. The van der Waals surface area contributed by atoms with Gasteiger partial charge < -0.3 is 10.6 Å². The molecule has 98 valence electrons. The van der Waals surface area contributed by atoms with E-state index in [2.05, 4.69) is 13.8 Å². The number of halogens is 1. The van der Waals surface area contributed by atoms with E-state index in [0.29, 0.717) is 18.2 Å². The van der Waals surface area contributed by atoms with Crippen molar-refractivity contribution in [3.05, 3.63) is 29.6 Å². The molecule has 0 aliphatic heterocycles. The fourth-order valence-corrected chi connectivity index (χ4v) is 1.74. The van der Waals surface area contributed by atoms with E-state index in [-0.39, 0.29) is 11.6 Å². The highest BCUT2D eigenvalue weighted by Gasteiger charge is 2.13. The normalized spacial score (nSPS) is 12.3. The maximum absolute atomic E-state index is 13.5. The summed E-state index contributed by atoms with van der Waals surface area (Å²) in [6.45, 7) is 4.86. The summed E-state index contributed by atoms with van der Waals surface area (Å²) in [6, 6.07) is 6.69. The number of anilines is 1. The van der Waals surface area contributed by atoms with Crippen LogP contribution in [0.2, 0.25) is 0 Å². The molecule has 0 aliphatic rings. The third-order valence-corrected chi connectivity index (χ3v) is 3.17. The highest BCUT2D eigenvalue weighted by atomic mass is 19.1. The van der Waals surface area contributed by atoms with Crippen molar-refractivity contribution < 1.29 is 4.39 Å². The largest absolute Gasteiger partial charge is 0.373 e. The Balaban J connectivity index is 2.76. The van der Waals surface area contributed by atoms with Crippen LogP contribution in [0.25, 0.3) is 0 Å². The fraction of sp³-hybridized carbons (Fsp3) is 0.500. The van der Waals surface area contributed by atoms with Crippen molar-refractivity contribution in [2.45, 2.75) is 26.3 Å². The van der Waals surface area contributed by atoms with Crippen molar-refractivity contribution in [3.63, 3.8) is 0 Å². The summed E-state index contributed by atoms with van der Waals surface area (Å²) in [5.74, 6) is -0.0589. The van der Waals surface area contributed by atoms with E-state index in [0.717, 1.165) is 6.42 Å². The first-order valence-corrected chi connectivity index (χ1v) is 6.12. The van der Waals surface area contributed by atoms with E-state index >= 15 is 0 Å². The zero-order chi connectivity index (χ0) is 13.7. The lowest BCUT2D eigenvalue weighted by molar-refractivity contribution is 0.466. The minimum atomic E-state index is -0.477. The molecule has 0 fully saturated rings. The second-order valence-electron chi connectivity index (χ2n) is 4.86. The Labute approximate surface area is 108 Å². The van der Waals surface area contributed by atoms with Crippen LogP contribution in [-0.4, -0.2) is 19.6 Å². The molecule has 0 saturated heterocycles. The van der Waals surface area contributed by atoms with Crippen LogP contribution in [0.5, 0.6) is 0 Å². The SMILES string of the molecule is CC(C)C(N)CCN(C)c1cccc(F)c1C#N. The van der Waals surface area contributed by atoms with E-state index in [1.807, 2.05) is 18.0 Å². The lowest BCUT2D eigenvalue weighted by atomic mass is 10.0. The lowest BCUT2D eigenvalue weighted by Gasteiger charge is -2.23. The van der Waals surface area contributed by atoms with Gasteiger partial charge in [0.05, 0.1) is 5.69 Å². The molecule has 0 saturated carbocycles. The molecular formula is C14H20FN3. The minimum absolute atomic E-state index is 0.0955. The van der Waals surface area contributed by atoms with Crippen LogP contribution in [0.3, 0.4) is 0 Å². The van der Waals surface area contributed by atoms with Gasteiger partial charge in [-0.1, -0.05) is 19.9 Å². The van der Waals surface area contributed by atoms with Gasteiger partial charge in [-0.3, -0.25) is 0 Å². The van der Waals surface area contributed by atoms with Crippen LogP contribution in [-0.2, 0) is 0 Å². The summed E-state index contributed by atoms with van der Waals surface area (Å²) in [5.41, 5.74) is 6.69. The van der Waals surface area contributed by atoms with Crippen LogP contribution >= 0.6 is 0 Å². The van der Waals surface area contributed by atoms with Gasteiger partial charge in [0.25, 0.3) is 0 Å². The highest BCUT2D eigenvalue weighted by molar-refractivity contribution is 5.59. The van der Waals surface area contributed by atoms with Crippen LogP contribution in [0.15, 0.2) is 18.2 Å². The number of benzene rings is 1. The average Bonchev–Trinajstić information content (AvgIpc) is 2.34. The molecular weight excluding hydrogens is 229 g/mol. The van der Waals surface area contributed by atoms with Crippen LogP contribution in [0, 0.1) is 23.1 Å². The molecule has 3 nitrogen and oxygen atoms in total. The third kappa shape index (κ3) is 3.44. The predicted octanol–water partition coefficient (Wildman–Crippen LogP) is 2.51. The molecule has 0 heterocycles. The van der Waals surface area contributed by atoms with Gasteiger partial charge in [-0.25, -0.2) is 4.39 Å². The second-order valence-corrected chi connectivity index (χ2v) is 4.86. The number of rotatable bonds is 5. The first kappa shape index (κ1) is 14.5. The van der Waals surface area contributed by atoms with E-state index in [1.165, 1.54) is 6.07 Å². The Hall–Kier alpha value is -1.60. The van der Waals surface area contributed by atoms with Crippen LogP contribution in [0.1, 0.15) is 25.8 Å². The minimum Gasteiger partial charge on any atom is -0.373 e. The molecule has 1 rings (SSSR count). The first-order valence-electron chi connectivity index (χ1n) is 6.12. The molecule has 0 spiro atoms. The molecule has 4 heteroatoms. The van der Waals surface area contributed by atoms with Crippen LogP contribution < -0.4 is 10.6 Å². The summed E-state index contributed by atoms with van der Waals surface area (Å²) in [6.07, 6.45) is 0.815. The Morgan fingerprint density at radius 1 is 1.44 bits per heavy atom. The van der Waals surface area contributed by atoms with Gasteiger partial charge in [-0.15, -0.1) is 0 Å². The molecule has 1 aromatic rings. The Kier molecular flexibility index (Phi) is 5.11. The molecule has 0 aromatic heterocycles. The molecule has 1 atom stereocenters. The number of hydrogen-bond donors (Lipinski definition) is 1. The van der Waals surface area contributed by atoms with Gasteiger partial charge in [0.1, 0.15) is 17.4 Å². The summed E-state index contributed by atoms with van der Waals surface area (Å²) >= 11 is 0. The van der Waals surface area contributed by atoms with Crippen molar-refractivity contribution in [1.29, 1.82) is 5.26 Å². The Morgan fingerprint density at radius 2 is 2.11 bits per heavy atom. The maximum atomic E-state index is 13.5. The average molecular weight is 249 g/mol. The van der Waals surface area contributed by atoms with Gasteiger partial charge in [0, 0.05) is 19.6 Å². The predicted molar refractivity (Wildman–Crippen MR) is 71.8 cm³/mol. The molecule has 0 radical (unpaired) electrons. The molecule has 1 unspecified atom stereocenters. The van der Waals surface area contributed by atoms with Gasteiger partial charge in [0.2, 0.25) is 0 Å². The monoisotopic (exact) mass is 249 g/mol. The van der Waals surface area contributed by atoms with E-state index < -0.39 is 5.82 Å². The van der Waals surface area contributed by atoms with Crippen molar-refractivity contribution in [2.75, 3.05) is 18.5 Å². The molecule has 0 bridgehead atoms. The van der Waals surface area contributed by atoms with Gasteiger partial charge in [-0.05, 0) is 24.5 Å². The zero-order valence-corrected chi connectivity index (χ0v) is 11.2. The van der Waals surface area contributed by atoms with Crippen molar-refractivity contribution >= 4 is 5.69 Å². The molecule has 18 heavy (non-hydrogen) atoms. The maximum Gasteiger partial charge on any atom is 0.143 e. The standard InChI is InChI=1S/C14H20FN3/c1-10(2)13(17)7-8-18(3)14-6-4-5-12(15)11(14)9-16/h4-6,10,13H,7-8,17H2,1-3H3. The van der Waals surface area contributed by atoms with E-state index in [9.17, 15) is 4.39 Å². The van der Waals surface area contributed by atoms with Crippen LogP contribution in [0.4, 0.5) is 10.1 Å². The Morgan fingerprint density at radius 3 is 2.67 bits per heavy atom. The second kappa shape index (κ2) is 6.36. The van der Waals surface area contributed by atoms with Crippen molar-refractivity contribution in [3.8, 4) is 6.07 Å². The number of nitrogens with two attached hydrogens (primary N) is 1. The van der Waals surface area contributed by atoms with E-state index in [1.54, 1.807) is 12.1 Å². The number of nitrogens with zero attached hydrogens (tertiary/aromatic N) is 2. The smallest absolute Gasteiger partial charge is 0.143 e. The number of hydrogen-bond acceptors (Lipinski definition) is 3. The topological polar surface area (TPSA) is 53.0 Å². The highest BCUT2D eigenvalue weighted by Crippen LogP contribution is 2.21. The van der Waals surface area contributed by atoms with Gasteiger partial charge >= 0.3 is 0 Å². The quantitative estimate of drug-likeness (QED) is 0.872.